The van der Waals surface area contributed by atoms with Crippen molar-refractivity contribution in [2.24, 2.45) is 0 Å². The van der Waals surface area contributed by atoms with Crippen molar-refractivity contribution in [1.29, 1.82) is 0 Å². The van der Waals surface area contributed by atoms with Crippen LogP contribution in [0.25, 0.3) is 0 Å². The predicted molar refractivity (Wildman–Crippen MR) is 83.1 cm³/mol. The van der Waals surface area contributed by atoms with E-state index >= 15 is 0 Å². The van der Waals surface area contributed by atoms with E-state index in [2.05, 4.69) is 26.1 Å². The van der Waals surface area contributed by atoms with Crippen molar-refractivity contribution < 1.29 is 9.53 Å². The SMILES string of the molecule is CCC[C@H](C)NC(=O)[C@@H](C)Oc1ccccc1C(C)C. The number of rotatable bonds is 7. The van der Waals surface area contributed by atoms with Crippen LogP contribution in [0.2, 0.25) is 0 Å². The zero-order chi connectivity index (χ0) is 15.1. The summed E-state index contributed by atoms with van der Waals surface area (Å²) in [6.07, 6.45) is 1.57. The number of hydrogen-bond donors (Lipinski definition) is 1. The Balaban J connectivity index is 2.66. The summed E-state index contributed by atoms with van der Waals surface area (Å²) >= 11 is 0. The average Bonchev–Trinajstić information content (AvgIpc) is 2.39. The minimum atomic E-state index is -0.478. The Morgan fingerprint density at radius 2 is 1.85 bits per heavy atom. The van der Waals surface area contributed by atoms with E-state index in [1.165, 1.54) is 0 Å². The molecule has 1 N–H and O–H groups in total. The van der Waals surface area contributed by atoms with Crippen LogP contribution < -0.4 is 10.1 Å². The molecule has 0 aliphatic rings. The molecule has 0 radical (unpaired) electrons. The minimum Gasteiger partial charge on any atom is -0.481 e. The second-order valence-corrected chi connectivity index (χ2v) is 5.65. The normalized spacial score (nSPS) is 13.9. The third-order valence-corrected chi connectivity index (χ3v) is 3.32. The highest BCUT2D eigenvalue weighted by Crippen LogP contribution is 2.26. The molecular weight excluding hydrogens is 250 g/mol. The Morgan fingerprint density at radius 1 is 1.20 bits per heavy atom. The van der Waals surface area contributed by atoms with Crippen LogP contribution in [0.5, 0.6) is 5.75 Å². The molecular formula is C17H27NO2. The first-order chi connectivity index (χ1) is 9.45. The number of carbonyl (C=O) groups excluding carboxylic acids is 1. The van der Waals surface area contributed by atoms with E-state index in [1.807, 2.05) is 31.2 Å². The van der Waals surface area contributed by atoms with Gasteiger partial charge in [0.05, 0.1) is 0 Å². The average molecular weight is 277 g/mol. The molecule has 3 heteroatoms. The smallest absolute Gasteiger partial charge is 0.260 e. The maximum absolute atomic E-state index is 12.1. The maximum Gasteiger partial charge on any atom is 0.260 e. The van der Waals surface area contributed by atoms with Crippen LogP contribution in [0.3, 0.4) is 0 Å². The summed E-state index contributed by atoms with van der Waals surface area (Å²) in [6, 6.07) is 8.10. The van der Waals surface area contributed by atoms with Crippen LogP contribution in [-0.2, 0) is 4.79 Å². The summed E-state index contributed by atoms with van der Waals surface area (Å²) < 4.78 is 5.84. The van der Waals surface area contributed by atoms with Crippen LogP contribution in [0.4, 0.5) is 0 Å². The molecule has 0 aliphatic carbocycles. The number of para-hydroxylation sites is 1. The molecule has 0 fully saturated rings. The lowest BCUT2D eigenvalue weighted by molar-refractivity contribution is -0.127. The lowest BCUT2D eigenvalue weighted by atomic mass is 10.0. The van der Waals surface area contributed by atoms with Gasteiger partial charge in [-0.2, -0.15) is 0 Å². The number of nitrogens with one attached hydrogen (secondary N) is 1. The third-order valence-electron chi connectivity index (χ3n) is 3.32. The van der Waals surface area contributed by atoms with Crippen molar-refractivity contribution >= 4 is 5.91 Å². The Morgan fingerprint density at radius 3 is 2.45 bits per heavy atom. The fraction of sp³-hybridized carbons (Fsp3) is 0.588. The summed E-state index contributed by atoms with van der Waals surface area (Å²) in [5.74, 6) is 1.12. The van der Waals surface area contributed by atoms with Crippen molar-refractivity contribution in [1.82, 2.24) is 5.32 Å². The van der Waals surface area contributed by atoms with Gasteiger partial charge >= 0.3 is 0 Å². The molecule has 20 heavy (non-hydrogen) atoms. The molecule has 1 aromatic carbocycles. The van der Waals surface area contributed by atoms with Crippen LogP contribution >= 0.6 is 0 Å². The summed E-state index contributed by atoms with van der Waals surface area (Å²) in [4.78, 5) is 12.1. The van der Waals surface area contributed by atoms with Gasteiger partial charge in [-0.05, 0) is 37.8 Å². The van der Waals surface area contributed by atoms with Crippen molar-refractivity contribution in [2.75, 3.05) is 0 Å². The molecule has 0 saturated carbocycles. The van der Waals surface area contributed by atoms with Crippen LogP contribution in [-0.4, -0.2) is 18.1 Å². The van der Waals surface area contributed by atoms with E-state index in [-0.39, 0.29) is 11.9 Å². The van der Waals surface area contributed by atoms with Crippen LogP contribution in [0, 0.1) is 0 Å². The standard InChI is InChI=1S/C17H27NO2/c1-6-9-13(4)18-17(19)14(5)20-16-11-8-7-10-15(16)12(2)3/h7-8,10-14H,6,9H2,1-5H3,(H,18,19)/t13-,14+/m0/s1. The molecule has 0 aromatic heterocycles. The van der Waals surface area contributed by atoms with E-state index in [0.29, 0.717) is 5.92 Å². The summed E-state index contributed by atoms with van der Waals surface area (Å²) in [6.45, 7) is 10.2. The number of amides is 1. The van der Waals surface area contributed by atoms with Crippen molar-refractivity contribution in [3.8, 4) is 5.75 Å². The first-order valence-corrected chi connectivity index (χ1v) is 7.51. The Hall–Kier alpha value is -1.51. The molecule has 1 rings (SSSR count). The van der Waals surface area contributed by atoms with E-state index in [9.17, 15) is 4.79 Å². The van der Waals surface area contributed by atoms with Crippen molar-refractivity contribution in [3.05, 3.63) is 29.8 Å². The molecule has 0 spiro atoms. The Bertz CT molecular complexity index is 429. The van der Waals surface area contributed by atoms with Gasteiger partial charge in [-0.3, -0.25) is 4.79 Å². The Labute approximate surface area is 122 Å². The molecule has 2 atom stereocenters. The van der Waals surface area contributed by atoms with Crippen LogP contribution in [0.1, 0.15) is 58.9 Å². The second-order valence-electron chi connectivity index (χ2n) is 5.65. The number of hydrogen-bond acceptors (Lipinski definition) is 2. The summed E-state index contributed by atoms with van der Waals surface area (Å²) in [7, 11) is 0. The molecule has 0 aliphatic heterocycles. The monoisotopic (exact) mass is 277 g/mol. The fourth-order valence-corrected chi connectivity index (χ4v) is 2.17. The zero-order valence-corrected chi connectivity index (χ0v) is 13.3. The van der Waals surface area contributed by atoms with Crippen molar-refractivity contribution in [2.45, 2.75) is 65.5 Å². The zero-order valence-electron chi connectivity index (χ0n) is 13.3. The molecule has 0 unspecified atom stereocenters. The fourth-order valence-electron chi connectivity index (χ4n) is 2.17. The van der Waals surface area contributed by atoms with E-state index in [0.717, 1.165) is 24.2 Å². The van der Waals surface area contributed by atoms with E-state index in [4.69, 9.17) is 4.74 Å². The van der Waals surface area contributed by atoms with E-state index < -0.39 is 6.10 Å². The van der Waals surface area contributed by atoms with Gasteiger partial charge in [0.15, 0.2) is 6.10 Å². The molecule has 1 aromatic rings. The molecule has 112 valence electrons. The molecule has 1 amide bonds. The van der Waals surface area contributed by atoms with Gasteiger partial charge in [0.1, 0.15) is 5.75 Å². The van der Waals surface area contributed by atoms with Gasteiger partial charge in [0.25, 0.3) is 5.91 Å². The van der Waals surface area contributed by atoms with Gasteiger partial charge < -0.3 is 10.1 Å². The van der Waals surface area contributed by atoms with Crippen LogP contribution in [0.15, 0.2) is 24.3 Å². The quantitative estimate of drug-likeness (QED) is 0.821. The summed E-state index contributed by atoms with van der Waals surface area (Å²) in [5, 5.41) is 2.99. The maximum atomic E-state index is 12.1. The minimum absolute atomic E-state index is 0.0514. The molecule has 3 nitrogen and oxygen atoms in total. The number of ether oxygens (including phenoxy) is 1. The van der Waals surface area contributed by atoms with Gasteiger partial charge in [0.2, 0.25) is 0 Å². The first-order valence-electron chi connectivity index (χ1n) is 7.51. The molecule has 0 saturated heterocycles. The molecule has 0 heterocycles. The number of carbonyl (C=O) groups is 1. The topological polar surface area (TPSA) is 38.3 Å². The second kappa shape index (κ2) is 7.93. The first kappa shape index (κ1) is 16.5. The largest absolute Gasteiger partial charge is 0.481 e. The van der Waals surface area contributed by atoms with Crippen molar-refractivity contribution in [3.63, 3.8) is 0 Å². The lowest BCUT2D eigenvalue weighted by Crippen LogP contribution is -2.41. The van der Waals surface area contributed by atoms with Gasteiger partial charge in [-0.15, -0.1) is 0 Å². The number of benzene rings is 1. The highest BCUT2D eigenvalue weighted by molar-refractivity contribution is 5.81. The molecule has 0 bridgehead atoms. The third kappa shape index (κ3) is 4.87. The van der Waals surface area contributed by atoms with Gasteiger partial charge in [-0.1, -0.05) is 45.4 Å². The highest BCUT2D eigenvalue weighted by atomic mass is 16.5. The van der Waals surface area contributed by atoms with E-state index in [1.54, 1.807) is 6.92 Å². The predicted octanol–water partition coefficient (Wildman–Crippen LogP) is 3.88. The van der Waals surface area contributed by atoms with Gasteiger partial charge in [-0.25, -0.2) is 0 Å². The highest BCUT2D eigenvalue weighted by Gasteiger charge is 2.18. The Kier molecular flexibility index (Phi) is 6.56. The summed E-state index contributed by atoms with van der Waals surface area (Å²) in [5.41, 5.74) is 1.13. The van der Waals surface area contributed by atoms with Gasteiger partial charge in [0, 0.05) is 6.04 Å². The lowest BCUT2D eigenvalue weighted by Gasteiger charge is -2.20.